The summed E-state index contributed by atoms with van der Waals surface area (Å²) in [5, 5.41) is 6.94. The smallest absolute Gasteiger partial charge is 0.160 e. The molecule has 3 aromatic heterocycles. The van der Waals surface area contributed by atoms with Gasteiger partial charge in [0.1, 0.15) is 0 Å². The molecule has 4 heteroatoms. The van der Waals surface area contributed by atoms with Crippen LogP contribution in [-0.4, -0.2) is 19.5 Å². The molecule has 0 aliphatic rings. The number of aromatic nitrogens is 4. The van der Waals surface area contributed by atoms with Crippen LogP contribution in [0.4, 0.5) is 0 Å². The molecule has 256 valence electrons. The molecule has 0 saturated heterocycles. The largest absolute Gasteiger partial charge is 0.309 e. The van der Waals surface area contributed by atoms with E-state index in [4.69, 9.17) is 15.0 Å². The number of fused-ring (bicyclic) bond motifs is 7. The fourth-order valence-corrected chi connectivity index (χ4v) is 8.15. The van der Waals surface area contributed by atoms with Crippen molar-refractivity contribution in [3.63, 3.8) is 0 Å². The highest BCUT2D eigenvalue weighted by Gasteiger charge is 2.18. The summed E-state index contributed by atoms with van der Waals surface area (Å²) in [6.07, 6.45) is 0. The van der Waals surface area contributed by atoms with E-state index in [9.17, 15) is 0 Å². The fraction of sp³-hybridized carbons (Fsp3) is 0. The van der Waals surface area contributed by atoms with Crippen LogP contribution in [-0.2, 0) is 0 Å². The molecule has 0 amide bonds. The molecule has 0 N–H and O–H groups in total. The molecule has 0 saturated carbocycles. The lowest BCUT2D eigenvalue weighted by atomic mass is 9.96. The van der Waals surface area contributed by atoms with Gasteiger partial charge in [0.15, 0.2) is 5.82 Å². The Labute approximate surface area is 317 Å². The van der Waals surface area contributed by atoms with E-state index in [2.05, 4.69) is 180 Å². The van der Waals surface area contributed by atoms with Gasteiger partial charge in [0.2, 0.25) is 0 Å². The van der Waals surface area contributed by atoms with Crippen LogP contribution in [0.3, 0.4) is 0 Å². The van der Waals surface area contributed by atoms with Gasteiger partial charge >= 0.3 is 0 Å². The maximum atomic E-state index is 5.42. The third-order valence-electron chi connectivity index (χ3n) is 10.8. The van der Waals surface area contributed by atoms with Crippen LogP contribution >= 0.6 is 0 Å². The minimum Gasteiger partial charge on any atom is -0.309 e. The van der Waals surface area contributed by atoms with Gasteiger partial charge in [-0.2, -0.15) is 0 Å². The second-order valence-electron chi connectivity index (χ2n) is 14.0. The summed E-state index contributed by atoms with van der Waals surface area (Å²) in [5.74, 6) is 0.711. The Morgan fingerprint density at radius 3 is 1.64 bits per heavy atom. The van der Waals surface area contributed by atoms with Gasteiger partial charge in [0.25, 0.3) is 0 Å². The lowest BCUT2D eigenvalue weighted by Crippen LogP contribution is -1.95. The zero-order valence-corrected chi connectivity index (χ0v) is 29.8. The van der Waals surface area contributed by atoms with Gasteiger partial charge in [0, 0.05) is 49.3 Å². The van der Waals surface area contributed by atoms with Crippen molar-refractivity contribution in [2.75, 3.05) is 0 Å². The maximum absolute atomic E-state index is 5.42. The molecule has 0 fully saturated rings. The number of hydrogen-bond acceptors (Lipinski definition) is 3. The van der Waals surface area contributed by atoms with Gasteiger partial charge < -0.3 is 4.57 Å². The highest BCUT2D eigenvalue weighted by Crippen LogP contribution is 2.41. The van der Waals surface area contributed by atoms with Crippen LogP contribution in [0, 0.1) is 0 Å². The molecule has 55 heavy (non-hydrogen) atoms. The highest BCUT2D eigenvalue weighted by molar-refractivity contribution is 6.20. The Kier molecular flexibility index (Phi) is 7.14. The zero-order valence-electron chi connectivity index (χ0n) is 29.8. The molecule has 11 rings (SSSR count). The van der Waals surface area contributed by atoms with Crippen molar-refractivity contribution in [1.29, 1.82) is 0 Å². The zero-order chi connectivity index (χ0) is 36.3. The van der Waals surface area contributed by atoms with Crippen LogP contribution in [0.5, 0.6) is 0 Å². The summed E-state index contributed by atoms with van der Waals surface area (Å²) in [6.45, 7) is 0. The lowest BCUT2D eigenvalue weighted by molar-refractivity contribution is 1.18. The van der Waals surface area contributed by atoms with Crippen LogP contribution in [0.2, 0.25) is 0 Å². The van der Waals surface area contributed by atoms with E-state index in [1.165, 1.54) is 27.2 Å². The molecule has 3 heterocycles. The predicted octanol–water partition coefficient (Wildman–Crippen LogP) is 13.1. The van der Waals surface area contributed by atoms with E-state index in [-0.39, 0.29) is 0 Å². The molecule has 4 nitrogen and oxygen atoms in total. The Balaban J connectivity index is 1.07. The fourth-order valence-electron chi connectivity index (χ4n) is 8.15. The van der Waals surface area contributed by atoms with E-state index < -0.39 is 0 Å². The Bertz CT molecular complexity index is 3220. The number of nitrogens with zero attached hydrogens (tertiary/aromatic N) is 4. The second-order valence-corrected chi connectivity index (χ2v) is 14.0. The minimum absolute atomic E-state index is 0.711. The number of rotatable bonds is 5. The average molecular weight is 701 g/mol. The number of para-hydroxylation sites is 3. The number of pyridine rings is 1. The summed E-state index contributed by atoms with van der Waals surface area (Å²) >= 11 is 0. The van der Waals surface area contributed by atoms with Gasteiger partial charge in [-0.25, -0.2) is 15.0 Å². The molecular weight excluding hydrogens is 669 g/mol. The average Bonchev–Trinajstić information content (AvgIpc) is 3.59. The van der Waals surface area contributed by atoms with Crippen LogP contribution in [0.15, 0.2) is 194 Å². The Hall–Kier alpha value is -7.43. The monoisotopic (exact) mass is 700 g/mol. The molecule has 0 atom stereocenters. The Morgan fingerprint density at radius 1 is 0.291 bits per heavy atom. The summed E-state index contributed by atoms with van der Waals surface area (Å²) in [4.78, 5) is 15.5. The van der Waals surface area contributed by atoms with Gasteiger partial charge in [-0.05, 0) is 59.0 Å². The predicted molar refractivity (Wildman–Crippen MR) is 228 cm³/mol. The topological polar surface area (TPSA) is 43.6 Å². The van der Waals surface area contributed by atoms with Crippen molar-refractivity contribution >= 4 is 54.4 Å². The van der Waals surface area contributed by atoms with E-state index in [1.807, 2.05) is 18.2 Å². The van der Waals surface area contributed by atoms with Crippen molar-refractivity contribution in [1.82, 2.24) is 19.5 Å². The van der Waals surface area contributed by atoms with Crippen molar-refractivity contribution in [3.8, 4) is 50.7 Å². The quantitative estimate of drug-likeness (QED) is 0.168. The van der Waals surface area contributed by atoms with E-state index in [1.54, 1.807) is 0 Å². The standard InChI is InChI=1S/C51H32N4/c1-4-14-34(15-5-1)49-41-21-10-12-22-45(41)53-51(54-49)36-26-24-33(25-27-36)37-28-29-39-42-32-48-43(31-44(42)50(52-46(39)30-37)35-16-6-2-7-17-35)40-20-11-13-23-47(40)55(48)38-18-8-3-9-19-38/h1-32H. The third kappa shape index (κ3) is 5.19. The molecule has 0 aliphatic heterocycles. The molecule has 0 radical (unpaired) electrons. The molecule has 8 aromatic carbocycles. The first kappa shape index (κ1) is 31.1. The van der Waals surface area contributed by atoms with Gasteiger partial charge in [0.05, 0.1) is 33.5 Å². The lowest BCUT2D eigenvalue weighted by Gasteiger charge is -2.13. The number of hydrogen-bond donors (Lipinski definition) is 0. The molecule has 0 bridgehead atoms. The van der Waals surface area contributed by atoms with E-state index in [0.29, 0.717) is 5.82 Å². The minimum atomic E-state index is 0.711. The van der Waals surface area contributed by atoms with Crippen molar-refractivity contribution < 1.29 is 0 Å². The maximum Gasteiger partial charge on any atom is 0.160 e. The van der Waals surface area contributed by atoms with Crippen LogP contribution < -0.4 is 0 Å². The van der Waals surface area contributed by atoms with Gasteiger partial charge in [-0.15, -0.1) is 0 Å². The third-order valence-corrected chi connectivity index (χ3v) is 10.8. The van der Waals surface area contributed by atoms with Crippen molar-refractivity contribution in [3.05, 3.63) is 194 Å². The van der Waals surface area contributed by atoms with Gasteiger partial charge in [-0.3, -0.25) is 0 Å². The van der Waals surface area contributed by atoms with Crippen molar-refractivity contribution in [2.24, 2.45) is 0 Å². The first-order valence-corrected chi connectivity index (χ1v) is 18.6. The summed E-state index contributed by atoms with van der Waals surface area (Å²) in [5.41, 5.74) is 12.7. The first-order chi connectivity index (χ1) is 27.3. The second kappa shape index (κ2) is 12.6. The first-order valence-electron chi connectivity index (χ1n) is 18.6. The van der Waals surface area contributed by atoms with Gasteiger partial charge in [-0.1, -0.05) is 152 Å². The molecule has 0 aliphatic carbocycles. The summed E-state index contributed by atoms with van der Waals surface area (Å²) in [6, 6.07) is 68.5. The molecule has 11 aromatic rings. The molecule has 0 unspecified atom stereocenters. The Morgan fingerprint density at radius 2 is 0.891 bits per heavy atom. The summed E-state index contributed by atoms with van der Waals surface area (Å²) < 4.78 is 2.39. The van der Waals surface area contributed by atoms with Crippen LogP contribution in [0.1, 0.15) is 0 Å². The van der Waals surface area contributed by atoms with Crippen LogP contribution in [0.25, 0.3) is 105 Å². The normalized spacial score (nSPS) is 11.6. The SMILES string of the molecule is c1ccc(-c2nc(-c3ccc(-c4ccc5c(c4)nc(-c4ccccc4)c4cc6c7ccccc7n(-c7ccccc7)c6cc45)cc3)nc3ccccc23)cc1. The van der Waals surface area contributed by atoms with E-state index in [0.717, 1.165) is 72.1 Å². The highest BCUT2D eigenvalue weighted by atomic mass is 15.0. The molecular formula is C51H32N4. The molecule has 0 spiro atoms. The van der Waals surface area contributed by atoms with Crippen molar-refractivity contribution in [2.45, 2.75) is 0 Å². The summed E-state index contributed by atoms with van der Waals surface area (Å²) in [7, 11) is 0. The van der Waals surface area contributed by atoms with E-state index >= 15 is 0 Å². The number of benzene rings is 8.